The molecule has 1 aliphatic rings. The Balaban J connectivity index is 0.00000288. The number of halogens is 1. The van der Waals surface area contributed by atoms with E-state index >= 15 is 0 Å². The highest BCUT2D eigenvalue weighted by atomic mass is 127. The first kappa shape index (κ1) is 21.2. The number of guanidine groups is 1. The molecule has 1 saturated heterocycles. The maximum Gasteiger partial charge on any atom is 0.193 e. The molecular weight excluding hydrogens is 421 g/mol. The van der Waals surface area contributed by atoms with E-state index in [1.165, 1.54) is 0 Å². The number of nitrogens with zero attached hydrogens (tertiary/aromatic N) is 2. The first-order chi connectivity index (χ1) is 11.3. The van der Waals surface area contributed by atoms with Crippen molar-refractivity contribution in [1.29, 1.82) is 0 Å². The van der Waals surface area contributed by atoms with Crippen molar-refractivity contribution in [3.05, 3.63) is 24.2 Å². The van der Waals surface area contributed by atoms with Crippen LogP contribution < -0.4 is 5.32 Å². The second-order valence-corrected chi connectivity index (χ2v) is 5.73. The van der Waals surface area contributed by atoms with Crippen molar-refractivity contribution >= 4 is 29.9 Å². The van der Waals surface area contributed by atoms with Crippen LogP contribution >= 0.6 is 24.0 Å². The fourth-order valence-corrected chi connectivity index (χ4v) is 2.59. The first-order valence-electron chi connectivity index (χ1n) is 8.61. The summed E-state index contributed by atoms with van der Waals surface area (Å²) in [7, 11) is 0. The van der Waals surface area contributed by atoms with Crippen LogP contribution in [0.25, 0.3) is 0 Å². The molecule has 0 saturated carbocycles. The number of aliphatic hydroxyl groups excluding tert-OH is 1. The van der Waals surface area contributed by atoms with E-state index < -0.39 is 0 Å². The Morgan fingerprint density at radius 1 is 1.46 bits per heavy atom. The molecule has 0 unspecified atom stereocenters. The molecule has 2 heterocycles. The van der Waals surface area contributed by atoms with Gasteiger partial charge in [0.2, 0.25) is 0 Å². The van der Waals surface area contributed by atoms with E-state index in [0.717, 1.165) is 76.8 Å². The zero-order valence-electron chi connectivity index (χ0n) is 14.4. The summed E-state index contributed by atoms with van der Waals surface area (Å²) in [5, 5.41) is 13.1. The Morgan fingerprint density at radius 3 is 2.92 bits per heavy atom. The summed E-state index contributed by atoms with van der Waals surface area (Å²) in [4.78, 5) is 6.93. The average molecular weight is 451 g/mol. The van der Waals surface area contributed by atoms with Crippen molar-refractivity contribution in [3.8, 4) is 0 Å². The van der Waals surface area contributed by atoms with Crippen LogP contribution in [0.3, 0.4) is 0 Å². The summed E-state index contributed by atoms with van der Waals surface area (Å²) >= 11 is 0. The van der Waals surface area contributed by atoms with Crippen LogP contribution in [0.5, 0.6) is 0 Å². The van der Waals surface area contributed by atoms with Gasteiger partial charge in [0.25, 0.3) is 0 Å². The number of piperidine rings is 1. The molecule has 0 bridgehead atoms. The van der Waals surface area contributed by atoms with Crippen LogP contribution in [0, 0.1) is 0 Å². The molecule has 0 radical (unpaired) electrons. The summed E-state index contributed by atoms with van der Waals surface area (Å²) in [6.07, 6.45) is 4.89. The van der Waals surface area contributed by atoms with Crippen molar-refractivity contribution in [2.24, 2.45) is 4.99 Å². The van der Waals surface area contributed by atoms with E-state index in [-0.39, 0.29) is 30.1 Å². The lowest BCUT2D eigenvalue weighted by Gasteiger charge is -2.32. The maximum absolute atomic E-state index is 9.67. The summed E-state index contributed by atoms with van der Waals surface area (Å²) in [6.45, 7) is 6.74. The van der Waals surface area contributed by atoms with Gasteiger partial charge in [-0.25, -0.2) is 0 Å². The van der Waals surface area contributed by atoms with Crippen molar-refractivity contribution in [2.45, 2.75) is 38.7 Å². The van der Waals surface area contributed by atoms with Crippen LogP contribution in [-0.4, -0.2) is 61.5 Å². The minimum atomic E-state index is -0.173. The molecule has 0 amide bonds. The molecule has 2 rings (SSSR count). The topological polar surface area (TPSA) is 70.2 Å². The molecule has 1 aliphatic heterocycles. The van der Waals surface area contributed by atoms with E-state index in [0.29, 0.717) is 0 Å². The quantitative estimate of drug-likeness (QED) is 0.275. The fraction of sp³-hybridized carbons (Fsp3) is 0.706. The highest BCUT2D eigenvalue weighted by Crippen LogP contribution is 2.10. The number of hydrogen-bond donors (Lipinski definition) is 2. The van der Waals surface area contributed by atoms with Gasteiger partial charge in [0.1, 0.15) is 5.76 Å². The number of hydrogen-bond acceptors (Lipinski definition) is 4. The average Bonchev–Trinajstić information content (AvgIpc) is 3.07. The highest BCUT2D eigenvalue weighted by Gasteiger charge is 2.19. The molecule has 7 heteroatoms. The first-order valence-corrected chi connectivity index (χ1v) is 8.61. The third-order valence-corrected chi connectivity index (χ3v) is 3.91. The maximum atomic E-state index is 9.67. The Hall–Kier alpha value is -0.800. The molecule has 0 aromatic carbocycles. The van der Waals surface area contributed by atoms with Crippen molar-refractivity contribution in [3.63, 3.8) is 0 Å². The lowest BCUT2D eigenvalue weighted by molar-refractivity contribution is 0.108. The zero-order valence-corrected chi connectivity index (χ0v) is 16.8. The monoisotopic (exact) mass is 451 g/mol. The third-order valence-electron chi connectivity index (χ3n) is 3.91. The minimum absolute atomic E-state index is 0. The second-order valence-electron chi connectivity index (χ2n) is 5.73. The molecular formula is C17H30IN3O3. The van der Waals surface area contributed by atoms with Crippen LogP contribution in [0.2, 0.25) is 0 Å². The lowest BCUT2D eigenvalue weighted by atomic mass is 10.1. The summed E-state index contributed by atoms with van der Waals surface area (Å²) in [5.74, 6) is 1.90. The molecule has 0 aliphatic carbocycles. The summed E-state index contributed by atoms with van der Waals surface area (Å²) in [5.41, 5.74) is 0. The van der Waals surface area contributed by atoms with Crippen LogP contribution in [0.4, 0.5) is 0 Å². The number of rotatable bonds is 8. The van der Waals surface area contributed by atoms with Crippen LogP contribution in [0.1, 0.15) is 31.9 Å². The molecule has 0 spiro atoms. The SMILES string of the molecule is CCOCCCN=C(NCCc1ccco1)N1CCC(O)CC1.I. The number of aliphatic hydroxyl groups is 1. The fourth-order valence-electron chi connectivity index (χ4n) is 2.59. The standard InChI is InChI=1S/C17H29N3O3.HI/c1-2-22-13-4-9-18-17(20-11-7-15(21)8-12-20)19-10-6-16-5-3-14-23-16;/h3,5,14-15,21H,2,4,6-13H2,1H3,(H,18,19);1H. The van der Waals surface area contributed by atoms with Gasteiger partial charge < -0.3 is 24.5 Å². The Kier molecular flexibility index (Phi) is 11.1. The smallest absolute Gasteiger partial charge is 0.193 e. The molecule has 0 atom stereocenters. The van der Waals surface area contributed by atoms with Gasteiger partial charge in [0.05, 0.1) is 12.4 Å². The van der Waals surface area contributed by atoms with Gasteiger partial charge in [-0.2, -0.15) is 0 Å². The van der Waals surface area contributed by atoms with Gasteiger partial charge in [-0.3, -0.25) is 4.99 Å². The number of aliphatic imine (C=N–C) groups is 1. The normalized spacial score (nSPS) is 16.1. The molecule has 1 aromatic heterocycles. The van der Waals surface area contributed by atoms with Gasteiger partial charge in [0.15, 0.2) is 5.96 Å². The summed E-state index contributed by atoms with van der Waals surface area (Å²) in [6, 6.07) is 3.89. The zero-order chi connectivity index (χ0) is 16.3. The number of nitrogens with one attached hydrogen (secondary N) is 1. The predicted octanol–water partition coefficient (Wildman–Crippen LogP) is 2.27. The Labute approximate surface area is 161 Å². The predicted molar refractivity (Wildman–Crippen MR) is 106 cm³/mol. The van der Waals surface area contributed by atoms with Crippen LogP contribution in [0.15, 0.2) is 27.8 Å². The molecule has 1 fully saturated rings. The molecule has 24 heavy (non-hydrogen) atoms. The molecule has 6 nitrogen and oxygen atoms in total. The van der Waals surface area contributed by atoms with Gasteiger partial charge in [0, 0.05) is 45.8 Å². The van der Waals surface area contributed by atoms with Gasteiger partial charge in [-0.05, 0) is 38.3 Å². The van der Waals surface area contributed by atoms with Gasteiger partial charge in [-0.1, -0.05) is 0 Å². The van der Waals surface area contributed by atoms with E-state index in [4.69, 9.17) is 14.1 Å². The highest BCUT2D eigenvalue weighted by molar-refractivity contribution is 14.0. The second kappa shape index (κ2) is 12.5. The van der Waals surface area contributed by atoms with E-state index in [2.05, 4.69) is 10.2 Å². The molecule has 138 valence electrons. The number of furan rings is 1. The van der Waals surface area contributed by atoms with Gasteiger partial charge in [-0.15, -0.1) is 24.0 Å². The Bertz CT molecular complexity index is 446. The van der Waals surface area contributed by atoms with E-state index in [9.17, 15) is 5.11 Å². The largest absolute Gasteiger partial charge is 0.469 e. The summed E-state index contributed by atoms with van der Waals surface area (Å²) < 4.78 is 10.7. The lowest BCUT2D eigenvalue weighted by Crippen LogP contribution is -2.47. The van der Waals surface area contributed by atoms with Crippen molar-refractivity contribution in [2.75, 3.05) is 39.4 Å². The molecule has 2 N–H and O–H groups in total. The Morgan fingerprint density at radius 2 is 2.25 bits per heavy atom. The molecule has 1 aromatic rings. The van der Waals surface area contributed by atoms with E-state index in [1.807, 2.05) is 19.1 Å². The van der Waals surface area contributed by atoms with Gasteiger partial charge >= 0.3 is 0 Å². The van der Waals surface area contributed by atoms with Crippen LogP contribution in [-0.2, 0) is 11.2 Å². The number of ether oxygens (including phenoxy) is 1. The third kappa shape index (κ3) is 7.85. The number of likely N-dealkylation sites (tertiary alicyclic amines) is 1. The van der Waals surface area contributed by atoms with E-state index in [1.54, 1.807) is 6.26 Å². The van der Waals surface area contributed by atoms with Crippen molar-refractivity contribution < 1.29 is 14.3 Å². The minimum Gasteiger partial charge on any atom is -0.469 e. The van der Waals surface area contributed by atoms with Crippen molar-refractivity contribution in [1.82, 2.24) is 10.2 Å².